The largest absolute Gasteiger partial charge is 0.496 e. The highest BCUT2D eigenvalue weighted by atomic mass is 16.5. The zero-order valence-corrected chi connectivity index (χ0v) is 11.9. The van der Waals surface area contributed by atoms with Crippen molar-refractivity contribution in [1.82, 2.24) is 5.32 Å². The predicted molar refractivity (Wildman–Crippen MR) is 76.7 cm³/mol. The average molecular weight is 262 g/mol. The van der Waals surface area contributed by atoms with Crippen molar-refractivity contribution >= 4 is 11.6 Å². The molecule has 104 valence electrons. The summed E-state index contributed by atoms with van der Waals surface area (Å²) in [5.41, 5.74) is 2.91. The van der Waals surface area contributed by atoms with E-state index in [0.717, 1.165) is 42.1 Å². The summed E-state index contributed by atoms with van der Waals surface area (Å²) in [6.45, 7) is 5.94. The number of amides is 1. The number of anilines is 1. The number of carbonyl (C=O) groups is 1. The maximum absolute atomic E-state index is 12.0. The van der Waals surface area contributed by atoms with Crippen molar-refractivity contribution < 1.29 is 9.53 Å². The lowest BCUT2D eigenvalue weighted by Gasteiger charge is -2.15. The third-order valence-corrected chi connectivity index (χ3v) is 3.72. The Hall–Kier alpha value is -1.55. The van der Waals surface area contributed by atoms with Crippen LogP contribution < -0.4 is 15.4 Å². The number of benzene rings is 1. The van der Waals surface area contributed by atoms with Gasteiger partial charge in [-0.1, -0.05) is 6.07 Å². The molecule has 0 spiro atoms. The normalized spacial score (nSPS) is 18.4. The van der Waals surface area contributed by atoms with Crippen LogP contribution in [0.15, 0.2) is 12.1 Å². The minimum atomic E-state index is 0.0858. The van der Waals surface area contributed by atoms with Gasteiger partial charge in [-0.2, -0.15) is 0 Å². The minimum absolute atomic E-state index is 0.0858. The van der Waals surface area contributed by atoms with Gasteiger partial charge in [0.1, 0.15) is 5.75 Å². The Labute approximate surface area is 114 Å². The summed E-state index contributed by atoms with van der Waals surface area (Å²) in [5, 5.41) is 6.27. The van der Waals surface area contributed by atoms with Gasteiger partial charge in [-0.3, -0.25) is 4.79 Å². The molecule has 1 fully saturated rings. The van der Waals surface area contributed by atoms with Crippen LogP contribution in [0.3, 0.4) is 0 Å². The number of nitrogens with one attached hydrogen (secondary N) is 2. The standard InChI is InChI=1S/C15H22N2O2/c1-10-4-5-13(11(2)15(10)19-3)17-14(18)8-12-6-7-16-9-12/h4-5,12,16H,6-9H2,1-3H3,(H,17,18). The van der Waals surface area contributed by atoms with Gasteiger partial charge in [0, 0.05) is 17.7 Å². The molecule has 19 heavy (non-hydrogen) atoms. The molecule has 1 heterocycles. The Kier molecular flexibility index (Phi) is 4.43. The molecule has 0 aliphatic carbocycles. The number of aryl methyl sites for hydroxylation is 1. The summed E-state index contributed by atoms with van der Waals surface area (Å²) in [7, 11) is 1.66. The summed E-state index contributed by atoms with van der Waals surface area (Å²) in [4.78, 5) is 12.0. The molecule has 1 saturated heterocycles. The first-order chi connectivity index (χ1) is 9.11. The van der Waals surface area contributed by atoms with Crippen LogP contribution in [0.1, 0.15) is 24.0 Å². The second kappa shape index (κ2) is 6.06. The molecule has 4 nitrogen and oxygen atoms in total. The monoisotopic (exact) mass is 262 g/mol. The SMILES string of the molecule is COc1c(C)ccc(NC(=O)CC2CCNC2)c1C. The molecule has 1 atom stereocenters. The maximum atomic E-state index is 12.0. The molecule has 0 radical (unpaired) electrons. The molecule has 1 aliphatic heterocycles. The van der Waals surface area contributed by atoms with Crippen LogP contribution in [0.5, 0.6) is 5.75 Å². The van der Waals surface area contributed by atoms with E-state index in [2.05, 4.69) is 10.6 Å². The van der Waals surface area contributed by atoms with Crippen LogP contribution in [0, 0.1) is 19.8 Å². The highest BCUT2D eigenvalue weighted by molar-refractivity contribution is 5.92. The number of rotatable bonds is 4. The fourth-order valence-corrected chi connectivity index (χ4v) is 2.63. The van der Waals surface area contributed by atoms with Crippen LogP contribution >= 0.6 is 0 Å². The molecule has 0 aromatic heterocycles. The lowest BCUT2D eigenvalue weighted by atomic mass is 10.0. The molecule has 2 rings (SSSR count). The van der Waals surface area contributed by atoms with Crippen LogP contribution in [0.4, 0.5) is 5.69 Å². The van der Waals surface area contributed by atoms with Crippen molar-refractivity contribution in [3.63, 3.8) is 0 Å². The van der Waals surface area contributed by atoms with E-state index in [0.29, 0.717) is 12.3 Å². The highest BCUT2D eigenvalue weighted by Gasteiger charge is 2.18. The lowest BCUT2D eigenvalue weighted by Crippen LogP contribution is -2.19. The molecule has 0 saturated carbocycles. The van der Waals surface area contributed by atoms with Crippen molar-refractivity contribution in [2.45, 2.75) is 26.7 Å². The molecule has 1 aromatic carbocycles. The van der Waals surface area contributed by atoms with Gasteiger partial charge < -0.3 is 15.4 Å². The van der Waals surface area contributed by atoms with Crippen LogP contribution in [0.25, 0.3) is 0 Å². The van der Waals surface area contributed by atoms with Crippen LogP contribution in [0.2, 0.25) is 0 Å². The first-order valence-electron chi connectivity index (χ1n) is 6.76. The average Bonchev–Trinajstić information content (AvgIpc) is 2.86. The van der Waals surface area contributed by atoms with E-state index in [1.807, 2.05) is 26.0 Å². The van der Waals surface area contributed by atoms with E-state index in [-0.39, 0.29) is 5.91 Å². The summed E-state index contributed by atoms with van der Waals surface area (Å²) in [5.74, 6) is 1.40. The second-order valence-corrected chi connectivity index (χ2v) is 5.20. The van der Waals surface area contributed by atoms with Gasteiger partial charge >= 0.3 is 0 Å². The number of hydrogen-bond acceptors (Lipinski definition) is 3. The highest BCUT2D eigenvalue weighted by Crippen LogP contribution is 2.29. The number of hydrogen-bond donors (Lipinski definition) is 2. The second-order valence-electron chi connectivity index (χ2n) is 5.20. The molecule has 4 heteroatoms. The van der Waals surface area contributed by atoms with Crippen LogP contribution in [-0.2, 0) is 4.79 Å². The van der Waals surface area contributed by atoms with Crippen molar-refractivity contribution in [1.29, 1.82) is 0 Å². The predicted octanol–water partition coefficient (Wildman–Crippen LogP) is 2.25. The molecule has 2 N–H and O–H groups in total. The van der Waals surface area contributed by atoms with Crippen molar-refractivity contribution in [3.05, 3.63) is 23.3 Å². The van der Waals surface area contributed by atoms with Gasteiger partial charge in [-0.05, 0) is 50.9 Å². The van der Waals surface area contributed by atoms with E-state index in [9.17, 15) is 4.79 Å². The minimum Gasteiger partial charge on any atom is -0.496 e. The number of carbonyl (C=O) groups excluding carboxylic acids is 1. The number of methoxy groups -OCH3 is 1. The lowest BCUT2D eigenvalue weighted by molar-refractivity contribution is -0.116. The molecule has 1 unspecified atom stereocenters. The van der Waals surface area contributed by atoms with Crippen molar-refractivity contribution in [2.24, 2.45) is 5.92 Å². The quantitative estimate of drug-likeness (QED) is 0.875. The van der Waals surface area contributed by atoms with Gasteiger partial charge in [0.25, 0.3) is 0 Å². The Balaban J connectivity index is 2.04. The first-order valence-corrected chi connectivity index (χ1v) is 6.76. The zero-order valence-electron chi connectivity index (χ0n) is 11.9. The van der Waals surface area contributed by atoms with E-state index < -0.39 is 0 Å². The van der Waals surface area contributed by atoms with E-state index in [4.69, 9.17) is 4.74 Å². The Morgan fingerprint density at radius 3 is 2.89 bits per heavy atom. The van der Waals surface area contributed by atoms with Crippen LogP contribution in [-0.4, -0.2) is 26.1 Å². The maximum Gasteiger partial charge on any atom is 0.224 e. The third-order valence-electron chi connectivity index (χ3n) is 3.72. The molecule has 1 amide bonds. The van der Waals surface area contributed by atoms with Gasteiger partial charge in [0.05, 0.1) is 7.11 Å². The van der Waals surface area contributed by atoms with Gasteiger partial charge in [-0.25, -0.2) is 0 Å². The summed E-state index contributed by atoms with van der Waals surface area (Å²) in [6, 6.07) is 3.91. The fourth-order valence-electron chi connectivity index (χ4n) is 2.63. The topological polar surface area (TPSA) is 50.4 Å². The molecular weight excluding hydrogens is 240 g/mol. The smallest absolute Gasteiger partial charge is 0.224 e. The van der Waals surface area contributed by atoms with Gasteiger partial charge in [0.15, 0.2) is 0 Å². The Morgan fingerprint density at radius 1 is 1.47 bits per heavy atom. The molecular formula is C15H22N2O2. The number of ether oxygens (including phenoxy) is 1. The zero-order chi connectivity index (χ0) is 13.8. The van der Waals surface area contributed by atoms with Gasteiger partial charge in [-0.15, -0.1) is 0 Å². The van der Waals surface area contributed by atoms with E-state index in [1.54, 1.807) is 7.11 Å². The Morgan fingerprint density at radius 2 is 2.26 bits per heavy atom. The third kappa shape index (κ3) is 3.26. The van der Waals surface area contributed by atoms with Crippen molar-refractivity contribution in [3.8, 4) is 5.75 Å². The summed E-state index contributed by atoms with van der Waals surface area (Å²) >= 11 is 0. The summed E-state index contributed by atoms with van der Waals surface area (Å²) in [6.07, 6.45) is 1.67. The Bertz CT molecular complexity index is 465. The summed E-state index contributed by atoms with van der Waals surface area (Å²) < 4.78 is 5.37. The fraction of sp³-hybridized carbons (Fsp3) is 0.533. The van der Waals surface area contributed by atoms with Gasteiger partial charge in [0.2, 0.25) is 5.91 Å². The van der Waals surface area contributed by atoms with E-state index >= 15 is 0 Å². The first kappa shape index (κ1) is 13.9. The molecule has 1 aromatic rings. The van der Waals surface area contributed by atoms with E-state index in [1.165, 1.54) is 0 Å². The van der Waals surface area contributed by atoms with Crippen molar-refractivity contribution in [2.75, 3.05) is 25.5 Å². The molecule has 1 aliphatic rings. The molecule has 0 bridgehead atoms.